The molecule has 172 valence electrons. The van der Waals surface area contributed by atoms with Crippen molar-refractivity contribution in [1.29, 1.82) is 0 Å². The van der Waals surface area contributed by atoms with Crippen molar-refractivity contribution >= 4 is 29.1 Å². The molecule has 6 heteroatoms. The van der Waals surface area contributed by atoms with E-state index in [4.69, 9.17) is 4.99 Å². The third-order valence-electron chi connectivity index (χ3n) is 6.71. The lowest BCUT2D eigenvalue weighted by atomic mass is 9.83. The summed E-state index contributed by atoms with van der Waals surface area (Å²) in [6, 6.07) is 22.9. The van der Waals surface area contributed by atoms with Crippen LogP contribution in [-0.4, -0.2) is 10.5 Å². The van der Waals surface area contributed by atoms with E-state index in [0.717, 1.165) is 35.2 Å². The molecule has 1 aromatic heterocycles. The summed E-state index contributed by atoms with van der Waals surface area (Å²) in [5.74, 6) is -1.22. The molecule has 0 spiro atoms. The summed E-state index contributed by atoms with van der Waals surface area (Å²) in [5.41, 5.74) is 7.58. The molecule has 0 bridgehead atoms. The average molecular weight is 478 g/mol. The minimum atomic E-state index is -1.22. The van der Waals surface area contributed by atoms with Crippen LogP contribution >= 0.6 is 11.3 Å². The Morgan fingerprint density at radius 3 is 2.51 bits per heavy atom. The predicted molar refractivity (Wildman–Crippen MR) is 135 cm³/mol. The van der Waals surface area contributed by atoms with Gasteiger partial charge in [-0.05, 0) is 53.7 Å². The number of fused-ring (bicyclic) bond motifs is 3. The van der Waals surface area contributed by atoms with Gasteiger partial charge in [-0.1, -0.05) is 89.7 Å². The van der Waals surface area contributed by atoms with Crippen molar-refractivity contribution in [2.24, 2.45) is 4.99 Å². The van der Waals surface area contributed by atoms with Crippen molar-refractivity contribution in [3.63, 3.8) is 0 Å². The normalized spacial score (nSPS) is 16.8. The first-order valence-electron chi connectivity index (χ1n) is 11.5. The van der Waals surface area contributed by atoms with Gasteiger partial charge < -0.3 is 9.90 Å². The Morgan fingerprint density at radius 2 is 1.77 bits per heavy atom. The second-order valence-corrected chi connectivity index (χ2v) is 9.94. The van der Waals surface area contributed by atoms with Crippen molar-refractivity contribution in [2.45, 2.75) is 25.8 Å². The summed E-state index contributed by atoms with van der Waals surface area (Å²) in [5, 5.41) is 11.1. The Bertz CT molecular complexity index is 1690. The van der Waals surface area contributed by atoms with Gasteiger partial charge in [0, 0.05) is 5.56 Å². The zero-order valence-electron chi connectivity index (χ0n) is 19.0. The SMILES string of the molecule is Cc1ccc([C@@H]2C3=C(N=c4s/c(=C\c5ccc(C(=O)[O-])cc5)c(=O)n42)c2ccccc2CC3)cc1. The molecule has 0 N–H and O–H groups in total. The van der Waals surface area contributed by atoms with E-state index < -0.39 is 5.97 Å². The molecule has 1 aliphatic carbocycles. The van der Waals surface area contributed by atoms with E-state index in [2.05, 4.69) is 49.4 Å². The topological polar surface area (TPSA) is 74.5 Å². The maximum Gasteiger partial charge on any atom is 0.271 e. The third kappa shape index (κ3) is 3.67. The number of hydrogen-bond donors (Lipinski definition) is 0. The minimum absolute atomic E-state index is 0.0892. The van der Waals surface area contributed by atoms with Crippen LogP contribution in [0.2, 0.25) is 0 Å². The van der Waals surface area contributed by atoms with Crippen molar-refractivity contribution in [3.05, 3.63) is 131 Å². The van der Waals surface area contributed by atoms with Gasteiger partial charge in [-0.3, -0.25) is 9.36 Å². The van der Waals surface area contributed by atoms with Crippen LogP contribution in [0.3, 0.4) is 0 Å². The molecule has 1 atom stereocenters. The highest BCUT2D eigenvalue weighted by atomic mass is 32.1. The highest BCUT2D eigenvalue weighted by Crippen LogP contribution is 2.41. The van der Waals surface area contributed by atoms with E-state index in [9.17, 15) is 14.7 Å². The summed E-state index contributed by atoms with van der Waals surface area (Å²) in [6.07, 6.45) is 3.57. The molecule has 6 rings (SSSR count). The molecule has 35 heavy (non-hydrogen) atoms. The first kappa shape index (κ1) is 21.5. The molecule has 0 saturated heterocycles. The molecule has 3 aromatic carbocycles. The lowest BCUT2D eigenvalue weighted by Crippen LogP contribution is -2.38. The molecule has 2 heterocycles. The predicted octanol–water partition coefficient (Wildman–Crippen LogP) is 2.99. The summed E-state index contributed by atoms with van der Waals surface area (Å²) in [7, 11) is 0. The van der Waals surface area contributed by atoms with E-state index in [-0.39, 0.29) is 17.2 Å². The number of aromatic nitrogens is 1. The molecule has 0 saturated carbocycles. The van der Waals surface area contributed by atoms with Crippen LogP contribution in [0.5, 0.6) is 0 Å². The van der Waals surface area contributed by atoms with Gasteiger partial charge in [-0.2, -0.15) is 0 Å². The van der Waals surface area contributed by atoms with E-state index in [1.54, 1.807) is 18.2 Å². The highest BCUT2D eigenvalue weighted by molar-refractivity contribution is 7.07. The monoisotopic (exact) mass is 477 g/mol. The smallest absolute Gasteiger partial charge is 0.271 e. The number of aryl methyl sites for hydroxylation is 2. The molecule has 1 aliphatic heterocycles. The molecule has 0 unspecified atom stereocenters. The number of aromatic carboxylic acids is 1. The minimum Gasteiger partial charge on any atom is -0.545 e. The zero-order chi connectivity index (χ0) is 24.1. The van der Waals surface area contributed by atoms with Crippen molar-refractivity contribution < 1.29 is 9.90 Å². The fraction of sp³-hybridized carbons (Fsp3) is 0.138. The van der Waals surface area contributed by atoms with Crippen molar-refractivity contribution in [1.82, 2.24) is 4.57 Å². The Labute approximate surface area is 205 Å². The van der Waals surface area contributed by atoms with Crippen LogP contribution in [0, 0.1) is 6.92 Å². The van der Waals surface area contributed by atoms with E-state index in [0.29, 0.717) is 9.33 Å². The van der Waals surface area contributed by atoms with Crippen LogP contribution in [-0.2, 0) is 6.42 Å². The van der Waals surface area contributed by atoms with Gasteiger partial charge in [-0.25, -0.2) is 4.99 Å². The second kappa shape index (κ2) is 8.32. The lowest BCUT2D eigenvalue weighted by molar-refractivity contribution is -0.255. The number of carboxylic acid groups (broad SMARTS) is 1. The number of benzene rings is 3. The fourth-order valence-corrected chi connectivity index (χ4v) is 5.94. The summed E-state index contributed by atoms with van der Waals surface area (Å²) >= 11 is 1.36. The molecule has 2 aliphatic rings. The van der Waals surface area contributed by atoms with Gasteiger partial charge in [0.2, 0.25) is 0 Å². The van der Waals surface area contributed by atoms with Gasteiger partial charge in [0.1, 0.15) is 0 Å². The standard InChI is InChI=1S/C29H22N2O3S/c1-17-6-10-20(11-7-17)26-23-15-14-19-4-2-3-5-22(19)25(23)30-29-31(26)27(32)24(35-29)16-18-8-12-21(13-9-18)28(33)34/h2-13,16,26H,14-15H2,1H3,(H,33,34)/p-1/b24-16-/t26-/m1/s1. The first-order chi connectivity index (χ1) is 17.0. The van der Waals surface area contributed by atoms with Crippen LogP contribution in [0.4, 0.5) is 0 Å². The second-order valence-electron chi connectivity index (χ2n) is 8.93. The van der Waals surface area contributed by atoms with Crippen molar-refractivity contribution in [2.75, 3.05) is 0 Å². The van der Waals surface area contributed by atoms with Gasteiger partial charge in [-0.15, -0.1) is 0 Å². The molecule has 0 amide bonds. The fourth-order valence-electron chi connectivity index (χ4n) is 4.94. The Kier molecular flexibility index (Phi) is 5.11. The summed E-state index contributed by atoms with van der Waals surface area (Å²) in [4.78, 5) is 30.5. The van der Waals surface area contributed by atoms with Gasteiger partial charge >= 0.3 is 0 Å². The summed E-state index contributed by atoms with van der Waals surface area (Å²) < 4.78 is 2.39. The maximum atomic E-state index is 13.7. The molecular weight excluding hydrogens is 456 g/mol. The number of hydrogen-bond acceptors (Lipinski definition) is 5. The number of thiazole rings is 1. The molecule has 5 nitrogen and oxygen atoms in total. The van der Waals surface area contributed by atoms with Crippen LogP contribution in [0.25, 0.3) is 11.8 Å². The number of rotatable bonds is 3. The van der Waals surface area contributed by atoms with Crippen LogP contribution < -0.4 is 20.0 Å². The van der Waals surface area contributed by atoms with Gasteiger partial charge in [0.25, 0.3) is 5.56 Å². The number of allylic oxidation sites excluding steroid dienone is 1. The third-order valence-corrected chi connectivity index (χ3v) is 7.69. The van der Waals surface area contributed by atoms with E-state index >= 15 is 0 Å². The zero-order valence-corrected chi connectivity index (χ0v) is 19.8. The Hall–Kier alpha value is -4.03. The average Bonchev–Trinajstić information content (AvgIpc) is 3.18. The maximum absolute atomic E-state index is 13.7. The molecule has 0 fully saturated rings. The van der Waals surface area contributed by atoms with Gasteiger partial charge in [0.15, 0.2) is 4.80 Å². The number of nitrogens with zero attached hydrogens (tertiary/aromatic N) is 2. The molecule has 0 radical (unpaired) electrons. The number of carbonyl (C=O) groups excluding carboxylic acids is 1. The van der Waals surface area contributed by atoms with Crippen LogP contribution in [0.15, 0.2) is 88.2 Å². The largest absolute Gasteiger partial charge is 0.545 e. The van der Waals surface area contributed by atoms with Crippen LogP contribution in [0.1, 0.15) is 50.6 Å². The molecular formula is C29H21N2O3S-. The number of carbonyl (C=O) groups is 1. The quantitative estimate of drug-likeness (QED) is 0.455. The van der Waals surface area contributed by atoms with E-state index in [1.807, 2.05) is 10.6 Å². The summed E-state index contributed by atoms with van der Waals surface area (Å²) in [6.45, 7) is 2.06. The first-order valence-corrected chi connectivity index (χ1v) is 12.3. The highest BCUT2D eigenvalue weighted by Gasteiger charge is 2.32. The number of carboxylic acids is 1. The Morgan fingerprint density at radius 1 is 1.03 bits per heavy atom. The van der Waals surface area contributed by atoms with Gasteiger partial charge in [0.05, 0.1) is 22.2 Å². The molecule has 4 aromatic rings. The van der Waals surface area contributed by atoms with E-state index in [1.165, 1.54) is 40.2 Å². The van der Waals surface area contributed by atoms with Crippen molar-refractivity contribution in [3.8, 4) is 0 Å². The lowest BCUT2D eigenvalue weighted by Gasteiger charge is -2.30. The Balaban J connectivity index is 1.57.